The van der Waals surface area contributed by atoms with Crippen LogP contribution in [0.4, 0.5) is 0 Å². The average molecular weight is 356 g/mol. The number of carboxylic acid groups (broad SMARTS) is 1. The summed E-state index contributed by atoms with van der Waals surface area (Å²) in [5, 5.41) is 11.7. The fourth-order valence-electron chi connectivity index (χ4n) is 1.66. The van der Waals surface area contributed by atoms with Crippen molar-refractivity contribution in [2.24, 2.45) is 0 Å². The zero-order valence-corrected chi connectivity index (χ0v) is 13.1. The highest BCUT2D eigenvalue weighted by Crippen LogP contribution is 2.09. The lowest BCUT2D eigenvalue weighted by molar-refractivity contribution is -0.139. The van der Waals surface area contributed by atoms with E-state index in [0.29, 0.717) is 31.4 Å². The Morgan fingerprint density at radius 1 is 1.38 bits per heavy atom. The molecule has 2 N–H and O–H groups in total. The number of aliphatic carboxylic acids is 1. The highest BCUT2D eigenvalue weighted by atomic mass is 79.9. The topological polar surface area (TPSA) is 75.6 Å². The minimum atomic E-state index is -1.09. The second kappa shape index (κ2) is 10.1. The van der Waals surface area contributed by atoms with Crippen LogP contribution in [-0.4, -0.2) is 35.5 Å². The molecule has 0 saturated heterocycles. The molecule has 0 aliphatic heterocycles. The van der Waals surface area contributed by atoms with Crippen molar-refractivity contribution in [1.82, 2.24) is 5.32 Å². The summed E-state index contributed by atoms with van der Waals surface area (Å²) in [4.78, 5) is 21.3. The number of carbonyl (C=O) groups excluding carboxylic acids is 1. The van der Waals surface area contributed by atoms with E-state index in [9.17, 15) is 9.59 Å². The van der Waals surface area contributed by atoms with E-state index in [0.717, 1.165) is 11.1 Å². The molecule has 1 aromatic rings. The number of nitrogens with one attached hydrogen (secondary N) is 1. The molecular weight excluding hydrogens is 338 g/mol. The molecule has 0 radical (unpaired) electrons. The van der Waals surface area contributed by atoms with Gasteiger partial charge in [0.2, 0.25) is 6.41 Å². The number of ether oxygens (including phenoxy) is 1. The highest BCUT2D eigenvalue weighted by Gasteiger charge is 2.13. The molecule has 5 nitrogen and oxygen atoms in total. The van der Waals surface area contributed by atoms with Gasteiger partial charge in [-0.2, -0.15) is 0 Å². The summed E-state index contributed by atoms with van der Waals surface area (Å²) >= 11 is 3.31. The van der Waals surface area contributed by atoms with Crippen molar-refractivity contribution in [2.45, 2.75) is 19.1 Å². The smallest absolute Gasteiger partial charge is 0.330 e. The standard InChI is InChI=1S/C15H18BrNO4/c16-9-13(8-14(15(19)20)17-11-18)6-7-21-10-12-4-2-1-3-5-12/h1-5,8,11,14H,6-7,9-10H2,(H,17,18)(H,19,20)/b13-8-. The Morgan fingerprint density at radius 2 is 2.10 bits per heavy atom. The summed E-state index contributed by atoms with van der Waals surface area (Å²) in [7, 11) is 0. The Hall–Kier alpha value is -1.66. The molecule has 6 heteroatoms. The van der Waals surface area contributed by atoms with E-state index in [-0.39, 0.29) is 0 Å². The Labute approximate surface area is 132 Å². The minimum Gasteiger partial charge on any atom is -0.479 e. The van der Waals surface area contributed by atoms with E-state index in [1.165, 1.54) is 6.08 Å². The van der Waals surface area contributed by atoms with E-state index >= 15 is 0 Å². The van der Waals surface area contributed by atoms with Gasteiger partial charge < -0.3 is 15.2 Å². The summed E-state index contributed by atoms with van der Waals surface area (Å²) in [6.07, 6.45) is 2.51. The second-order valence-electron chi connectivity index (χ2n) is 4.35. The number of carbonyl (C=O) groups is 2. The lowest BCUT2D eigenvalue weighted by Crippen LogP contribution is -2.34. The average Bonchev–Trinajstić information content (AvgIpc) is 2.50. The Bertz CT molecular complexity index is 476. The van der Waals surface area contributed by atoms with Crippen LogP contribution in [0.2, 0.25) is 0 Å². The second-order valence-corrected chi connectivity index (χ2v) is 4.91. The van der Waals surface area contributed by atoms with Gasteiger partial charge >= 0.3 is 5.97 Å². The van der Waals surface area contributed by atoms with Crippen LogP contribution in [0.15, 0.2) is 42.0 Å². The Balaban J connectivity index is 2.42. The zero-order valence-electron chi connectivity index (χ0n) is 11.5. The molecule has 0 bridgehead atoms. The third-order valence-corrected chi connectivity index (χ3v) is 3.49. The lowest BCUT2D eigenvalue weighted by Gasteiger charge is -2.10. The molecule has 0 spiro atoms. The monoisotopic (exact) mass is 355 g/mol. The first kappa shape index (κ1) is 17.4. The van der Waals surface area contributed by atoms with Gasteiger partial charge in [0.1, 0.15) is 6.04 Å². The lowest BCUT2D eigenvalue weighted by atomic mass is 10.1. The number of hydrogen-bond donors (Lipinski definition) is 2. The van der Waals surface area contributed by atoms with Crippen molar-refractivity contribution in [3.8, 4) is 0 Å². The molecule has 21 heavy (non-hydrogen) atoms. The van der Waals surface area contributed by atoms with Crippen molar-refractivity contribution in [2.75, 3.05) is 11.9 Å². The van der Waals surface area contributed by atoms with Crippen LogP contribution >= 0.6 is 15.9 Å². The van der Waals surface area contributed by atoms with Crippen LogP contribution in [0.5, 0.6) is 0 Å². The molecule has 1 rings (SSSR count). The summed E-state index contributed by atoms with van der Waals surface area (Å²) in [5.41, 5.74) is 1.96. The Kier molecular flexibility index (Phi) is 8.38. The van der Waals surface area contributed by atoms with Gasteiger partial charge in [-0.25, -0.2) is 4.79 Å². The third kappa shape index (κ3) is 7.06. The molecule has 0 fully saturated rings. The van der Waals surface area contributed by atoms with Crippen LogP contribution in [-0.2, 0) is 20.9 Å². The van der Waals surface area contributed by atoms with Gasteiger partial charge in [-0.3, -0.25) is 4.79 Å². The number of halogens is 1. The zero-order chi connectivity index (χ0) is 15.5. The first-order chi connectivity index (χ1) is 10.2. The van der Waals surface area contributed by atoms with E-state index in [4.69, 9.17) is 9.84 Å². The van der Waals surface area contributed by atoms with Crippen LogP contribution in [0.3, 0.4) is 0 Å². The first-order valence-corrected chi connectivity index (χ1v) is 7.59. The van der Waals surface area contributed by atoms with Gasteiger partial charge in [0.05, 0.1) is 13.2 Å². The van der Waals surface area contributed by atoms with E-state index < -0.39 is 12.0 Å². The molecule has 1 atom stereocenters. The molecule has 0 aromatic heterocycles. The van der Waals surface area contributed by atoms with Gasteiger partial charge in [-0.05, 0) is 12.0 Å². The van der Waals surface area contributed by atoms with Gasteiger partial charge in [0.15, 0.2) is 0 Å². The fourth-order valence-corrected chi connectivity index (χ4v) is 2.13. The molecule has 0 aliphatic rings. The van der Waals surface area contributed by atoms with Gasteiger partial charge in [0.25, 0.3) is 0 Å². The number of hydrogen-bond acceptors (Lipinski definition) is 3. The predicted molar refractivity (Wildman–Crippen MR) is 83.2 cm³/mol. The van der Waals surface area contributed by atoms with E-state index in [1.807, 2.05) is 30.3 Å². The summed E-state index contributed by atoms with van der Waals surface area (Å²) in [5.74, 6) is -1.09. The molecule has 1 aromatic carbocycles. The normalized spacial score (nSPS) is 12.7. The van der Waals surface area contributed by atoms with Crippen molar-refractivity contribution in [3.63, 3.8) is 0 Å². The van der Waals surface area contributed by atoms with Crippen molar-refractivity contribution < 1.29 is 19.4 Å². The quantitative estimate of drug-likeness (QED) is 0.291. The fraction of sp³-hybridized carbons (Fsp3) is 0.333. The van der Waals surface area contributed by atoms with Crippen LogP contribution in [0, 0.1) is 0 Å². The molecule has 1 amide bonds. The van der Waals surface area contributed by atoms with E-state index in [2.05, 4.69) is 21.2 Å². The van der Waals surface area contributed by atoms with Crippen molar-refractivity contribution >= 4 is 28.3 Å². The van der Waals surface area contributed by atoms with Gasteiger partial charge in [0, 0.05) is 5.33 Å². The van der Waals surface area contributed by atoms with Crippen molar-refractivity contribution in [3.05, 3.63) is 47.5 Å². The van der Waals surface area contributed by atoms with Gasteiger partial charge in [-0.15, -0.1) is 0 Å². The maximum absolute atomic E-state index is 10.9. The number of carboxylic acids is 1. The van der Waals surface area contributed by atoms with E-state index in [1.54, 1.807) is 0 Å². The number of amides is 1. The summed E-state index contributed by atoms with van der Waals surface area (Å²) in [6, 6.07) is 8.80. The first-order valence-electron chi connectivity index (χ1n) is 6.47. The summed E-state index contributed by atoms with van der Waals surface area (Å²) in [6.45, 7) is 1.01. The highest BCUT2D eigenvalue weighted by molar-refractivity contribution is 9.09. The maximum Gasteiger partial charge on any atom is 0.330 e. The molecule has 0 aliphatic carbocycles. The summed E-state index contributed by atoms with van der Waals surface area (Å²) < 4.78 is 5.55. The minimum absolute atomic E-state index is 0.382. The molecule has 0 heterocycles. The molecule has 0 saturated carbocycles. The van der Waals surface area contributed by atoms with Gasteiger partial charge in [-0.1, -0.05) is 57.9 Å². The maximum atomic E-state index is 10.9. The largest absolute Gasteiger partial charge is 0.479 e. The number of alkyl halides is 1. The molecular formula is C15H18BrNO4. The number of rotatable bonds is 10. The number of benzene rings is 1. The van der Waals surface area contributed by atoms with Crippen molar-refractivity contribution in [1.29, 1.82) is 0 Å². The molecule has 114 valence electrons. The predicted octanol–water partition coefficient (Wildman–Crippen LogP) is 2.11. The Morgan fingerprint density at radius 3 is 2.67 bits per heavy atom. The van der Waals surface area contributed by atoms with Crippen LogP contribution in [0.25, 0.3) is 0 Å². The SMILES string of the molecule is O=CNC(/C=C(\CBr)CCOCc1ccccc1)C(=O)O. The van der Waals surface area contributed by atoms with Crippen LogP contribution in [0.1, 0.15) is 12.0 Å². The molecule has 1 unspecified atom stereocenters. The third-order valence-electron chi connectivity index (χ3n) is 2.77. The van der Waals surface area contributed by atoms with Crippen LogP contribution < -0.4 is 5.32 Å².